The first kappa shape index (κ1) is 16.1. The minimum Gasteiger partial charge on any atom is -0.469 e. The molecule has 1 amide bonds. The lowest BCUT2D eigenvalue weighted by Gasteiger charge is -2.11. The Balaban J connectivity index is 2.41. The zero-order valence-electron chi connectivity index (χ0n) is 11.4. The lowest BCUT2D eigenvalue weighted by molar-refractivity contribution is -0.140. The van der Waals surface area contributed by atoms with E-state index in [9.17, 15) is 9.59 Å². The van der Waals surface area contributed by atoms with Gasteiger partial charge in [-0.1, -0.05) is 0 Å². The predicted octanol–water partition coefficient (Wildman–Crippen LogP) is 2.18. The smallest absolute Gasteiger partial charge is 0.306 e. The van der Waals surface area contributed by atoms with Crippen molar-refractivity contribution in [1.82, 2.24) is 0 Å². The number of hydrogen-bond donors (Lipinski definition) is 1. The lowest BCUT2D eigenvalue weighted by atomic mass is 10.2. The van der Waals surface area contributed by atoms with Crippen LogP contribution in [-0.2, 0) is 14.3 Å². The van der Waals surface area contributed by atoms with Crippen molar-refractivity contribution in [2.75, 3.05) is 18.2 Å². The summed E-state index contributed by atoms with van der Waals surface area (Å²) in [5.74, 6) is 0.121. The standard InChI is InChI=1S/C14H16N2O3S/c1-10(20-8-7-13(17)19-2)14(18)16-12-5-3-11(9-15)4-6-12/h3-6,10H,7-8H2,1-2H3,(H,16,18). The van der Waals surface area contributed by atoms with E-state index < -0.39 is 0 Å². The molecule has 0 aliphatic rings. The molecule has 0 bridgehead atoms. The van der Waals surface area contributed by atoms with Gasteiger partial charge in [0, 0.05) is 11.4 Å². The quantitative estimate of drug-likeness (QED) is 0.813. The highest BCUT2D eigenvalue weighted by molar-refractivity contribution is 8.00. The fraction of sp³-hybridized carbons (Fsp3) is 0.357. The molecular weight excluding hydrogens is 276 g/mol. The molecule has 1 aromatic carbocycles. The van der Waals surface area contributed by atoms with E-state index in [1.54, 1.807) is 31.2 Å². The third-order valence-electron chi connectivity index (χ3n) is 2.55. The van der Waals surface area contributed by atoms with Crippen molar-refractivity contribution in [1.29, 1.82) is 5.26 Å². The van der Waals surface area contributed by atoms with Crippen LogP contribution in [0.1, 0.15) is 18.9 Å². The molecule has 0 radical (unpaired) electrons. The van der Waals surface area contributed by atoms with Crippen LogP contribution in [0.15, 0.2) is 24.3 Å². The largest absolute Gasteiger partial charge is 0.469 e. The number of ether oxygens (including phenoxy) is 1. The van der Waals surface area contributed by atoms with E-state index in [1.807, 2.05) is 6.07 Å². The van der Waals surface area contributed by atoms with Crippen molar-refractivity contribution in [3.05, 3.63) is 29.8 Å². The van der Waals surface area contributed by atoms with Crippen LogP contribution < -0.4 is 5.32 Å². The summed E-state index contributed by atoms with van der Waals surface area (Å²) in [5, 5.41) is 11.2. The van der Waals surface area contributed by atoms with Gasteiger partial charge in [-0.25, -0.2) is 0 Å². The highest BCUT2D eigenvalue weighted by atomic mass is 32.2. The average molecular weight is 292 g/mol. The highest BCUT2D eigenvalue weighted by Crippen LogP contribution is 2.15. The molecule has 0 fully saturated rings. The molecule has 0 aromatic heterocycles. The molecule has 0 aliphatic heterocycles. The predicted molar refractivity (Wildman–Crippen MR) is 78.3 cm³/mol. The Morgan fingerprint density at radius 1 is 1.40 bits per heavy atom. The van der Waals surface area contributed by atoms with Crippen LogP contribution in [0.4, 0.5) is 5.69 Å². The fourth-order valence-electron chi connectivity index (χ4n) is 1.37. The molecular formula is C14H16N2O3S. The van der Waals surface area contributed by atoms with Crippen molar-refractivity contribution >= 4 is 29.3 Å². The summed E-state index contributed by atoms with van der Waals surface area (Å²) in [7, 11) is 1.34. The van der Waals surface area contributed by atoms with E-state index in [0.717, 1.165) is 0 Å². The second kappa shape index (κ2) is 8.23. The Morgan fingerprint density at radius 3 is 2.60 bits per heavy atom. The molecule has 106 valence electrons. The van der Waals surface area contributed by atoms with Crippen molar-refractivity contribution in [3.63, 3.8) is 0 Å². The molecule has 0 saturated carbocycles. The summed E-state index contributed by atoms with van der Waals surface area (Å²) in [5.41, 5.74) is 1.19. The highest BCUT2D eigenvalue weighted by Gasteiger charge is 2.14. The van der Waals surface area contributed by atoms with Crippen molar-refractivity contribution in [2.45, 2.75) is 18.6 Å². The van der Waals surface area contributed by atoms with Crippen LogP contribution in [0.2, 0.25) is 0 Å². The van der Waals surface area contributed by atoms with Gasteiger partial charge in [-0.2, -0.15) is 5.26 Å². The van der Waals surface area contributed by atoms with Gasteiger partial charge in [-0.15, -0.1) is 11.8 Å². The van der Waals surface area contributed by atoms with Crippen molar-refractivity contribution < 1.29 is 14.3 Å². The van der Waals surface area contributed by atoms with Gasteiger partial charge in [0.1, 0.15) is 0 Å². The molecule has 0 aliphatic carbocycles. The van der Waals surface area contributed by atoms with E-state index in [4.69, 9.17) is 5.26 Å². The maximum atomic E-state index is 11.9. The topological polar surface area (TPSA) is 79.2 Å². The van der Waals surface area contributed by atoms with Crippen molar-refractivity contribution in [3.8, 4) is 6.07 Å². The van der Waals surface area contributed by atoms with Crippen LogP contribution in [0.25, 0.3) is 0 Å². The van der Waals surface area contributed by atoms with Gasteiger partial charge in [0.15, 0.2) is 0 Å². The first-order valence-corrected chi connectivity index (χ1v) is 7.11. The van der Waals surface area contributed by atoms with Gasteiger partial charge < -0.3 is 10.1 Å². The number of thioether (sulfide) groups is 1. The molecule has 5 nitrogen and oxygen atoms in total. The monoisotopic (exact) mass is 292 g/mol. The van der Waals surface area contributed by atoms with Crippen LogP contribution >= 0.6 is 11.8 Å². The van der Waals surface area contributed by atoms with Crippen LogP contribution in [0.3, 0.4) is 0 Å². The molecule has 1 unspecified atom stereocenters. The number of carbonyl (C=O) groups is 2. The summed E-state index contributed by atoms with van der Waals surface area (Å²) in [6.07, 6.45) is 0.287. The molecule has 1 N–H and O–H groups in total. The van der Waals surface area contributed by atoms with Crippen molar-refractivity contribution in [2.24, 2.45) is 0 Å². The van der Waals surface area contributed by atoms with Crippen LogP contribution in [0, 0.1) is 11.3 Å². The number of benzene rings is 1. The van der Waals surface area contributed by atoms with Gasteiger partial charge in [-0.05, 0) is 31.2 Å². The van der Waals surface area contributed by atoms with Gasteiger partial charge in [-0.3, -0.25) is 9.59 Å². The normalized spacial score (nSPS) is 11.2. The summed E-state index contributed by atoms with van der Waals surface area (Å²) in [6.45, 7) is 1.78. The Morgan fingerprint density at radius 2 is 2.05 bits per heavy atom. The van der Waals surface area contributed by atoms with Gasteiger partial charge in [0.25, 0.3) is 0 Å². The first-order chi connectivity index (χ1) is 9.56. The molecule has 0 spiro atoms. The number of amides is 1. The Kier molecular flexibility index (Phi) is 6.60. The van der Waals surface area contributed by atoms with Gasteiger partial charge >= 0.3 is 5.97 Å². The zero-order valence-corrected chi connectivity index (χ0v) is 12.2. The number of nitrogens with zero attached hydrogens (tertiary/aromatic N) is 1. The number of anilines is 1. The Labute approximate surface area is 122 Å². The Hall–Kier alpha value is -2.00. The van der Waals surface area contributed by atoms with E-state index in [-0.39, 0.29) is 23.5 Å². The summed E-state index contributed by atoms with van der Waals surface area (Å²) >= 11 is 1.39. The SMILES string of the molecule is COC(=O)CCSC(C)C(=O)Nc1ccc(C#N)cc1. The number of nitrogens with one attached hydrogen (secondary N) is 1. The van der Waals surface area contributed by atoms with E-state index in [2.05, 4.69) is 10.1 Å². The summed E-state index contributed by atoms with van der Waals surface area (Å²) < 4.78 is 4.53. The molecule has 0 heterocycles. The molecule has 1 rings (SSSR count). The number of rotatable bonds is 6. The molecule has 1 atom stereocenters. The third kappa shape index (κ3) is 5.33. The fourth-order valence-corrected chi connectivity index (χ4v) is 2.22. The summed E-state index contributed by atoms with van der Waals surface area (Å²) in [4.78, 5) is 22.9. The minimum atomic E-state index is -0.280. The summed E-state index contributed by atoms with van der Waals surface area (Å²) in [6, 6.07) is 8.67. The Bertz CT molecular complexity index is 508. The second-order valence-electron chi connectivity index (χ2n) is 4.02. The number of methoxy groups -OCH3 is 1. The number of carbonyl (C=O) groups excluding carboxylic acids is 2. The van der Waals surface area contributed by atoms with Crippen LogP contribution in [0.5, 0.6) is 0 Å². The zero-order chi connectivity index (χ0) is 15.0. The number of hydrogen-bond acceptors (Lipinski definition) is 5. The van der Waals surface area contributed by atoms with E-state index >= 15 is 0 Å². The molecule has 20 heavy (non-hydrogen) atoms. The minimum absolute atomic E-state index is 0.135. The molecule has 0 saturated heterocycles. The van der Waals surface area contributed by atoms with Crippen LogP contribution in [-0.4, -0.2) is 30.0 Å². The lowest BCUT2D eigenvalue weighted by Crippen LogP contribution is -2.23. The maximum Gasteiger partial charge on any atom is 0.306 e. The molecule has 1 aromatic rings. The number of esters is 1. The maximum absolute atomic E-state index is 11.9. The first-order valence-electron chi connectivity index (χ1n) is 6.06. The average Bonchev–Trinajstić information content (AvgIpc) is 2.47. The van der Waals surface area contributed by atoms with Gasteiger partial charge in [0.05, 0.1) is 30.4 Å². The second-order valence-corrected chi connectivity index (χ2v) is 5.47. The molecule has 6 heteroatoms. The van der Waals surface area contributed by atoms with E-state index in [0.29, 0.717) is 17.0 Å². The number of nitriles is 1. The van der Waals surface area contributed by atoms with E-state index in [1.165, 1.54) is 18.9 Å². The van der Waals surface area contributed by atoms with Gasteiger partial charge in [0.2, 0.25) is 5.91 Å². The third-order valence-corrected chi connectivity index (χ3v) is 3.71.